The Bertz CT molecular complexity index is 189. The van der Waals surface area contributed by atoms with Gasteiger partial charge in [-0.3, -0.25) is 4.79 Å². The molecule has 82 valence electrons. The van der Waals surface area contributed by atoms with Crippen molar-refractivity contribution < 1.29 is 9.53 Å². The van der Waals surface area contributed by atoms with Gasteiger partial charge >= 0.3 is 0 Å². The predicted molar refractivity (Wildman–Crippen MR) is 54.8 cm³/mol. The van der Waals surface area contributed by atoms with Gasteiger partial charge in [0.15, 0.2) is 0 Å². The van der Waals surface area contributed by atoms with Crippen LogP contribution in [0.1, 0.15) is 26.7 Å². The number of nitrogens with two attached hydrogens (primary N) is 1. The highest BCUT2D eigenvalue weighted by Gasteiger charge is 2.20. The standard InChI is InChI=1S/C10H20N2O2/c1-7(2)9(11)10(13)12-6-8-4-3-5-14-8/h7-9H,3-6,11H2,1-2H3,(H,12,13)/t8-,9-/m1/s1. The lowest BCUT2D eigenvalue weighted by Gasteiger charge is -2.17. The molecule has 0 unspecified atom stereocenters. The summed E-state index contributed by atoms with van der Waals surface area (Å²) in [5, 5.41) is 2.82. The van der Waals surface area contributed by atoms with Gasteiger partial charge in [-0.2, -0.15) is 0 Å². The maximum absolute atomic E-state index is 11.4. The first kappa shape index (κ1) is 11.5. The summed E-state index contributed by atoms with van der Waals surface area (Å²) in [6.45, 7) is 5.29. The molecule has 1 heterocycles. The van der Waals surface area contributed by atoms with Crippen molar-refractivity contribution in [1.29, 1.82) is 0 Å². The predicted octanol–water partition coefficient (Wildman–Crippen LogP) is 0.265. The fourth-order valence-corrected chi connectivity index (χ4v) is 1.44. The number of carbonyl (C=O) groups excluding carboxylic acids is 1. The molecule has 0 aromatic heterocycles. The van der Waals surface area contributed by atoms with E-state index >= 15 is 0 Å². The van der Waals surface area contributed by atoms with E-state index in [0.717, 1.165) is 19.4 Å². The van der Waals surface area contributed by atoms with E-state index in [9.17, 15) is 4.79 Å². The molecule has 1 aliphatic rings. The van der Waals surface area contributed by atoms with Gasteiger partial charge in [0, 0.05) is 13.2 Å². The zero-order chi connectivity index (χ0) is 10.6. The maximum Gasteiger partial charge on any atom is 0.237 e. The van der Waals surface area contributed by atoms with Crippen LogP contribution < -0.4 is 11.1 Å². The minimum atomic E-state index is -0.406. The highest BCUT2D eigenvalue weighted by Crippen LogP contribution is 2.10. The first-order valence-corrected chi connectivity index (χ1v) is 5.26. The molecule has 2 atom stereocenters. The SMILES string of the molecule is CC(C)[C@@H](N)C(=O)NC[C@H]1CCCO1. The Balaban J connectivity index is 2.19. The molecule has 1 rings (SSSR count). The second-order valence-corrected chi connectivity index (χ2v) is 4.15. The zero-order valence-corrected chi connectivity index (χ0v) is 8.95. The Morgan fingerprint density at radius 3 is 2.86 bits per heavy atom. The van der Waals surface area contributed by atoms with Crippen molar-refractivity contribution in [2.75, 3.05) is 13.2 Å². The molecular formula is C10H20N2O2. The molecule has 0 bridgehead atoms. The van der Waals surface area contributed by atoms with Crippen LogP contribution >= 0.6 is 0 Å². The number of hydrogen-bond acceptors (Lipinski definition) is 3. The van der Waals surface area contributed by atoms with E-state index in [4.69, 9.17) is 10.5 Å². The van der Waals surface area contributed by atoms with Gasteiger partial charge in [0.05, 0.1) is 12.1 Å². The maximum atomic E-state index is 11.4. The van der Waals surface area contributed by atoms with E-state index in [1.165, 1.54) is 0 Å². The Kier molecular flexibility index (Phi) is 4.35. The number of rotatable bonds is 4. The lowest BCUT2D eigenvalue weighted by Crippen LogP contribution is -2.46. The van der Waals surface area contributed by atoms with Crippen molar-refractivity contribution in [2.24, 2.45) is 11.7 Å². The van der Waals surface area contributed by atoms with Gasteiger partial charge in [0.25, 0.3) is 0 Å². The van der Waals surface area contributed by atoms with Gasteiger partial charge in [-0.05, 0) is 18.8 Å². The topological polar surface area (TPSA) is 64.4 Å². The largest absolute Gasteiger partial charge is 0.376 e. The molecule has 0 saturated carbocycles. The summed E-state index contributed by atoms with van der Waals surface area (Å²) in [5.74, 6) is 0.106. The minimum absolute atomic E-state index is 0.0736. The summed E-state index contributed by atoms with van der Waals surface area (Å²) >= 11 is 0. The molecule has 0 aromatic rings. The first-order valence-electron chi connectivity index (χ1n) is 5.26. The van der Waals surface area contributed by atoms with Crippen LogP contribution in [-0.2, 0) is 9.53 Å². The van der Waals surface area contributed by atoms with Gasteiger partial charge in [-0.1, -0.05) is 13.8 Å². The van der Waals surface area contributed by atoms with E-state index in [2.05, 4.69) is 5.32 Å². The summed E-state index contributed by atoms with van der Waals surface area (Å²) < 4.78 is 5.39. The van der Waals surface area contributed by atoms with Crippen LogP contribution in [0.5, 0.6) is 0 Å². The molecule has 0 aromatic carbocycles. The number of carbonyl (C=O) groups is 1. The summed E-state index contributed by atoms with van der Waals surface area (Å²) in [6, 6.07) is -0.406. The molecule has 0 aliphatic carbocycles. The Morgan fingerprint density at radius 2 is 2.36 bits per heavy atom. The van der Waals surface area contributed by atoms with Crippen molar-refractivity contribution in [3.63, 3.8) is 0 Å². The van der Waals surface area contributed by atoms with Crippen LogP contribution in [-0.4, -0.2) is 31.2 Å². The van der Waals surface area contributed by atoms with Crippen molar-refractivity contribution >= 4 is 5.91 Å². The Morgan fingerprint density at radius 1 is 1.64 bits per heavy atom. The molecule has 1 aliphatic heterocycles. The fraction of sp³-hybridized carbons (Fsp3) is 0.900. The number of ether oxygens (including phenoxy) is 1. The van der Waals surface area contributed by atoms with E-state index in [1.54, 1.807) is 0 Å². The van der Waals surface area contributed by atoms with Gasteiger partial charge in [0.2, 0.25) is 5.91 Å². The molecule has 4 nitrogen and oxygen atoms in total. The molecule has 1 fully saturated rings. The van der Waals surface area contributed by atoms with Crippen LogP contribution in [0.15, 0.2) is 0 Å². The lowest BCUT2D eigenvalue weighted by atomic mass is 10.1. The van der Waals surface area contributed by atoms with Crippen LogP contribution in [0.4, 0.5) is 0 Å². The van der Waals surface area contributed by atoms with E-state index in [-0.39, 0.29) is 17.9 Å². The quantitative estimate of drug-likeness (QED) is 0.684. The third kappa shape index (κ3) is 3.27. The molecule has 3 N–H and O–H groups in total. The molecule has 1 amide bonds. The number of nitrogens with one attached hydrogen (secondary N) is 1. The van der Waals surface area contributed by atoms with Crippen LogP contribution in [0.3, 0.4) is 0 Å². The first-order chi connectivity index (χ1) is 6.61. The number of amides is 1. The lowest BCUT2D eigenvalue weighted by molar-refractivity contribution is -0.123. The van der Waals surface area contributed by atoms with Crippen LogP contribution in [0, 0.1) is 5.92 Å². The molecule has 1 saturated heterocycles. The molecule has 0 spiro atoms. The summed E-state index contributed by atoms with van der Waals surface area (Å²) in [5.41, 5.74) is 5.69. The Labute approximate surface area is 85.2 Å². The van der Waals surface area contributed by atoms with E-state index in [1.807, 2.05) is 13.8 Å². The highest BCUT2D eigenvalue weighted by atomic mass is 16.5. The fourth-order valence-electron chi connectivity index (χ4n) is 1.44. The second kappa shape index (κ2) is 5.32. The van der Waals surface area contributed by atoms with Crippen LogP contribution in [0.2, 0.25) is 0 Å². The van der Waals surface area contributed by atoms with Crippen molar-refractivity contribution in [2.45, 2.75) is 38.8 Å². The van der Waals surface area contributed by atoms with Gasteiger partial charge in [-0.15, -0.1) is 0 Å². The minimum Gasteiger partial charge on any atom is -0.376 e. The van der Waals surface area contributed by atoms with E-state index < -0.39 is 6.04 Å². The number of hydrogen-bond donors (Lipinski definition) is 2. The monoisotopic (exact) mass is 200 g/mol. The average Bonchev–Trinajstić information content (AvgIpc) is 2.65. The van der Waals surface area contributed by atoms with Gasteiger partial charge < -0.3 is 15.8 Å². The molecule has 4 heteroatoms. The zero-order valence-electron chi connectivity index (χ0n) is 8.95. The summed E-state index contributed by atoms with van der Waals surface area (Å²) in [7, 11) is 0. The van der Waals surface area contributed by atoms with E-state index in [0.29, 0.717) is 6.54 Å². The van der Waals surface area contributed by atoms with Crippen LogP contribution in [0.25, 0.3) is 0 Å². The molecular weight excluding hydrogens is 180 g/mol. The highest BCUT2D eigenvalue weighted by molar-refractivity contribution is 5.81. The van der Waals surface area contributed by atoms with Crippen molar-refractivity contribution in [3.8, 4) is 0 Å². The molecule has 0 radical (unpaired) electrons. The Hall–Kier alpha value is -0.610. The normalized spacial score (nSPS) is 23.9. The van der Waals surface area contributed by atoms with Gasteiger partial charge in [0.1, 0.15) is 0 Å². The third-order valence-electron chi connectivity index (χ3n) is 2.55. The second-order valence-electron chi connectivity index (χ2n) is 4.15. The van der Waals surface area contributed by atoms with Crippen molar-refractivity contribution in [1.82, 2.24) is 5.32 Å². The van der Waals surface area contributed by atoms with Gasteiger partial charge in [-0.25, -0.2) is 0 Å². The summed E-state index contributed by atoms with van der Waals surface area (Å²) in [6.07, 6.45) is 2.33. The molecule has 14 heavy (non-hydrogen) atoms. The average molecular weight is 200 g/mol. The van der Waals surface area contributed by atoms with Crippen molar-refractivity contribution in [3.05, 3.63) is 0 Å². The smallest absolute Gasteiger partial charge is 0.237 e. The summed E-state index contributed by atoms with van der Waals surface area (Å²) in [4.78, 5) is 11.4. The third-order valence-corrected chi connectivity index (χ3v) is 2.55.